The Bertz CT molecular complexity index is 398. The average molecular weight is 325 g/mol. The third kappa shape index (κ3) is 2.65. The molecule has 1 saturated carbocycles. The topological polar surface area (TPSA) is 0 Å². The molecule has 0 saturated heterocycles. The fraction of sp³-hybridized carbons (Fsp3) is 0.625. The second kappa shape index (κ2) is 6.00. The summed E-state index contributed by atoms with van der Waals surface area (Å²) in [5.41, 5.74) is 1.62. The lowest BCUT2D eigenvalue weighted by atomic mass is 9.83. The van der Waals surface area contributed by atoms with Gasteiger partial charge in [0.05, 0.1) is 0 Å². The highest BCUT2D eigenvalue weighted by atomic mass is 79.9. The summed E-state index contributed by atoms with van der Waals surface area (Å²) in [6.07, 6.45) is 7.25. The van der Waals surface area contributed by atoms with E-state index in [0.29, 0.717) is 0 Å². The highest BCUT2D eigenvalue weighted by Crippen LogP contribution is 2.45. The quantitative estimate of drug-likeness (QED) is 0.662. The van der Waals surface area contributed by atoms with E-state index in [2.05, 4.69) is 52.0 Å². The van der Waals surface area contributed by atoms with Crippen LogP contribution in [0.3, 0.4) is 0 Å². The van der Waals surface area contributed by atoms with Gasteiger partial charge >= 0.3 is 0 Å². The van der Waals surface area contributed by atoms with Crippen molar-refractivity contribution in [3.63, 3.8) is 0 Å². The van der Waals surface area contributed by atoms with Gasteiger partial charge < -0.3 is 0 Å². The van der Waals surface area contributed by atoms with E-state index in [4.69, 9.17) is 0 Å². The molecule has 0 spiro atoms. The zero-order chi connectivity index (χ0) is 12.4. The molecule has 0 amide bonds. The van der Waals surface area contributed by atoms with Crippen molar-refractivity contribution in [2.24, 2.45) is 11.8 Å². The van der Waals surface area contributed by atoms with Crippen molar-refractivity contribution < 1.29 is 0 Å². The van der Waals surface area contributed by atoms with E-state index in [0.717, 1.165) is 17.8 Å². The zero-order valence-electron chi connectivity index (χ0n) is 10.8. The molecule has 1 aromatic carbocycles. The normalized spacial score (nSPS) is 25.3. The smallest absolute Gasteiger partial charge is 0.0107 e. The van der Waals surface area contributed by atoms with Gasteiger partial charge in [-0.1, -0.05) is 59.8 Å². The second-order valence-corrected chi connectivity index (χ2v) is 7.45. The minimum absolute atomic E-state index is 0.800. The van der Waals surface area contributed by atoms with Crippen LogP contribution in [-0.4, -0.2) is 11.1 Å². The maximum Gasteiger partial charge on any atom is 0.0107 e. The number of alkyl halides is 1. The van der Waals surface area contributed by atoms with Crippen LogP contribution in [0.15, 0.2) is 29.2 Å². The maximum atomic E-state index is 3.77. The van der Waals surface area contributed by atoms with Crippen LogP contribution < -0.4 is 0 Å². The van der Waals surface area contributed by atoms with Crippen molar-refractivity contribution in [2.45, 2.75) is 42.9 Å². The lowest BCUT2D eigenvalue weighted by Crippen LogP contribution is -2.17. The van der Waals surface area contributed by atoms with Crippen molar-refractivity contribution >= 4 is 27.7 Å². The van der Waals surface area contributed by atoms with Crippen LogP contribution in [0.1, 0.15) is 43.6 Å². The number of halogens is 1. The van der Waals surface area contributed by atoms with E-state index in [-0.39, 0.29) is 0 Å². The summed E-state index contributed by atoms with van der Waals surface area (Å²) in [5.74, 6) is 3.98. The molecule has 3 rings (SSSR count). The van der Waals surface area contributed by atoms with Gasteiger partial charge in [0.15, 0.2) is 0 Å². The first-order valence-corrected chi connectivity index (χ1v) is 9.27. The third-order valence-corrected chi connectivity index (χ3v) is 6.73. The monoisotopic (exact) mass is 324 g/mol. The van der Waals surface area contributed by atoms with Crippen LogP contribution in [0.4, 0.5) is 0 Å². The highest BCUT2D eigenvalue weighted by Gasteiger charge is 2.30. The molecule has 2 heteroatoms. The van der Waals surface area contributed by atoms with Crippen molar-refractivity contribution in [1.82, 2.24) is 0 Å². The molecule has 1 fully saturated rings. The number of thioether (sulfide) groups is 1. The molecule has 1 heterocycles. The van der Waals surface area contributed by atoms with Gasteiger partial charge in [-0.05, 0) is 35.8 Å². The lowest BCUT2D eigenvalue weighted by molar-refractivity contribution is 0.337. The first-order valence-electron chi connectivity index (χ1n) is 7.16. The SMILES string of the molecule is BrCC(CC1CSc2ccccc21)C1CCCC1. The molecule has 0 nitrogen and oxygen atoms in total. The molecule has 2 atom stereocenters. The fourth-order valence-corrected chi connectivity index (χ4v) is 5.67. The van der Waals surface area contributed by atoms with Gasteiger partial charge in [-0.15, -0.1) is 11.8 Å². The molecule has 1 aliphatic heterocycles. The third-order valence-electron chi connectivity index (χ3n) is 4.65. The summed E-state index contributed by atoms with van der Waals surface area (Å²) in [6, 6.07) is 9.02. The van der Waals surface area contributed by atoms with Gasteiger partial charge in [0.1, 0.15) is 0 Å². The number of hydrogen-bond acceptors (Lipinski definition) is 1. The summed E-state index contributed by atoms with van der Waals surface area (Å²) in [4.78, 5) is 1.53. The van der Waals surface area contributed by atoms with Gasteiger partial charge in [-0.3, -0.25) is 0 Å². The van der Waals surface area contributed by atoms with Crippen LogP contribution >= 0.6 is 27.7 Å². The summed E-state index contributed by atoms with van der Waals surface area (Å²) < 4.78 is 0. The standard InChI is InChI=1S/C16H21BrS/c17-10-13(12-5-1-2-6-12)9-14-11-18-16-8-4-3-7-15(14)16/h3-4,7-8,12-14H,1-2,5-6,9-11H2. The molecule has 0 radical (unpaired) electrons. The van der Waals surface area contributed by atoms with Crippen LogP contribution in [-0.2, 0) is 0 Å². The van der Waals surface area contributed by atoms with E-state index < -0.39 is 0 Å². The van der Waals surface area contributed by atoms with E-state index in [1.165, 1.54) is 48.1 Å². The molecule has 1 aliphatic carbocycles. The molecular formula is C16H21BrS. The Kier molecular flexibility index (Phi) is 4.35. The summed E-state index contributed by atoms with van der Waals surface area (Å²) in [7, 11) is 0. The molecule has 18 heavy (non-hydrogen) atoms. The number of rotatable bonds is 4. The second-order valence-electron chi connectivity index (χ2n) is 5.74. The van der Waals surface area contributed by atoms with Gasteiger partial charge in [-0.2, -0.15) is 0 Å². The Labute approximate surface area is 123 Å². The van der Waals surface area contributed by atoms with Gasteiger partial charge in [-0.25, -0.2) is 0 Å². The number of benzene rings is 1. The molecule has 2 unspecified atom stereocenters. The Balaban J connectivity index is 1.69. The Morgan fingerprint density at radius 1 is 1.22 bits per heavy atom. The molecule has 1 aromatic rings. The van der Waals surface area contributed by atoms with Crippen LogP contribution in [0.2, 0.25) is 0 Å². The highest BCUT2D eigenvalue weighted by molar-refractivity contribution is 9.09. The summed E-state index contributed by atoms with van der Waals surface area (Å²) >= 11 is 5.82. The number of fused-ring (bicyclic) bond motifs is 1. The van der Waals surface area contributed by atoms with Crippen LogP contribution in [0.5, 0.6) is 0 Å². The van der Waals surface area contributed by atoms with E-state index >= 15 is 0 Å². The lowest BCUT2D eigenvalue weighted by Gasteiger charge is -2.24. The minimum Gasteiger partial charge on any atom is -0.125 e. The average Bonchev–Trinajstić information content (AvgIpc) is 3.06. The molecule has 0 bridgehead atoms. The Morgan fingerprint density at radius 2 is 2.00 bits per heavy atom. The fourth-order valence-electron chi connectivity index (χ4n) is 3.60. The maximum absolute atomic E-state index is 3.77. The Hall–Kier alpha value is 0.0500. The van der Waals surface area contributed by atoms with Crippen molar-refractivity contribution in [3.05, 3.63) is 29.8 Å². The van der Waals surface area contributed by atoms with E-state index in [9.17, 15) is 0 Å². The largest absolute Gasteiger partial charge is 0.125 e. The first kappa shape index (κ1) is 13.1. The molecule has 2 aliphatic rings. The number of hydrogen-bond donors (Lipinski definition) is 0. The first-order chi connectivity index (χ1) is 8.88. The minimum atomic E-state index is 0.800. The summed E-state index contributed by atoms with van der Waals surface area (Å²) in [5, 5.41) is 1.20. The van der Waals surface area contributed by atoms with Gasteiger partial charge in [0, 0.05) is 16.0 Å². The predicted octanol–water partition coefficient (Wildman–Crippen LogP) is 5.47. The van der Waals surface area contributed by atoms with Crippen LogP contribution in [0.25, 0.3) is 0 Å². The van der Waals surface area contributed by atoms with Gasteiger partial charge in [0.2, 0.25) is 0 Å². The molecule has 98 valence electrons. The van der Waals surface area contributed by atoms with E-state index in [1.54, 1.807) is 5.56 Å². The molecule has 0 aromatic heterocycles. The molecule has 0 N–H and O–H groups in total. The molecular weight excluding hydrogens is 304 g/mol. The van der Waals surface area contributed by atoms with E-state index in [1.807, 2.05) is 0 Å². The summed E-state index contributed by atoms with van der Waals surface area (Å²) in [6.45, 7) is 0. The predicted molar refractivity (Wildman–Crippen MR) is 83.8 cm³/mol. The van der Waals surface area contributed by atoms with Crippen molar-refractivity contribution in [1.29, 1.82) is 0 Å². The van der Waals surface area contributed by atoms with Crippen molar-refractivity contribution in [3.8, 4) is 0 Å². The zero-order valence-corrected chi connectivity index (χ0v) is 13.2. The Morgan fingerprint density at radius 3 is 2.78 bits per heavy atom. The van der Waals surface area contributed by atoms with Crippen molar-refractivity contribution in [2.75, 3.05) is 11.1 Å². The van der Waals surface area contributed by atoms with Crippen LogP contribution in [0, 0.1) is 11.8 Å². The van der Waals surface area contributed by atoms with Gasteiger partial charge in [0.25, 0.3) is 0 Å².